The molecule has 2 unspecified atom stereocenters. The molecule has 0 saturated heterocycles. The summed E-state index contributed by atoms with van der Waals surface area (Å²) in [6.07, 6.45) is 1.10. The molecular weight excluding hydrogens is 344 g/mol. The molecule has 26 heavy (non-hydrogen) atoms. The summed E-state index contributed by atoms with van der Waals surface area (Å²) in [6, 6.07) is 15.5. The minimum atomic E-state index is -0.226. The number of hydrogen-bond acceptors (Lipinski definition) is 3. The number of carbonyl (C=O) groups is 2. The largest absolute Gasteiger partial charge is 0.326 e. The first-order chi connectivity index (χ1) is 12.4. The van der Waals surface area contributed by atoms with E-state index in [1.807, 2.05) is 43.3 Å². The Morgan fingerprint density at radius 2 is 1.46 bits per heavy atom. The molecule has 0 aliphatic rings. The van der Waals surface area contributed by atoms with Crippen molar-refractivity contribution in [2.45, 2.75) is 50.2 Å². The lowest BCUT2D eigenvalue weighted by Gasteiger charge is -2.14. The number of thioether (sulfide) groups is 1. The summed E-state index contributed by atoms with van der Waals surface area (Å²) in [5.41, 5.74) is 2.85. The summed E-state index contributed by atoms with van der Waals surface area (Å²) in [6.45, 7) is 7.73. The van der Waals surface area contributed by atoms with Gasteiger partial charge < -0.3 is 10.6 Å². The minimum Gasteiger partial charge on any atom is -0.326 e. The molecular formula is C21H26N2O2S. The molecule has 5 heteroatoms. The smallest absolute Gasteiger partial charge is 0.237 e. The van der Waals surface area contributed by atoms with Crippen molar-refractivity contribution >= 4 is 35.0 Å². The Kier molecular flexibility index (Phi) is 7.27. The topological polar surface area (TPSA) is 58.2 Å². The van der Waals surface area contributed by atoms with Crippen LogP contribution in [0.5, 0.6) is 0 Å². The van der Waals surface area contributed by atoms with Gasteiger partial charge in [-0.1, -0.05) is 26.0 Å². The van der Waals surface area contributed by atoms with Gasteiger partial charge in [-0.3, -0.25) is 9.59 Å². The third-order valence-corrected chi connectivity index (χ3v) is 5.33. The van der Waals surface area contributed by atoms with Gasteiger partial charge in [-0.25, -0.2) is 0 Å². The van der Waals surface area contributed by atoms with Crippen molar-refractivity contribution in [2.75, 3.05) is 10.6 Å². The summed E-state index contributed by atoms with van der Waals surface area (Å²) < 4.78 is 0. The Bertz CT molecular complexity index is 742. The number of anilines is 2. The molecule has 0 aliphatic carbocycles. The fraction of sp³-hybridized carbons (Fsp3) is 0.333. The quantitative estimate of drug-likeness (QED) is 0.652. The van der Waals surface area contributed by atoms with Crippen molar-refractivity contribution in [3.63, 3.8) is 0 Å². The summed E-state index contributed by atoms with van der Waals surface area (Å²) >= 11 is 1.49. The lowest BCUT2D eigenvalue weighted by molar-refractivity contribution is -0.115. The molecule has 0 fully saturated rings. The van der Waals surface area contributed by atoms with E-state index in [9.17, 15) is 9.59 Å². The van der Waals surface area contributed by atoms with Gasteiger partial charge in [0, 0.05) is 23.2 Å². The number of amides is 2. The van der Waals surface area contributed by atoms with Gasteiger partial charge in [0.15, 0.2) is 0 Å². The molecule has 2 N–H and O–H groups in total. The van der Waals surface area contributed by atoms with Gasteiger partial charge in [0.1, 0.15) is 0 Å². The lowest BCUT2D eigenvalue weighted by atomic mass is 9.99. The minimum absolute atomic E-state index is 0.0303. The van der Waals surface area contributed by atoms with Crippen LogP contribution in [0.4, 0.5) is 11.4 Å². The van der Waals surface area contributed by atoms with Gasteiger partial charge in [-0.2, -0.15) is 0 Å². The zero-order valence-corrected chi connectivity index (χ0v) is 16.5. The standard InChI is InChI=1S/C21H26N2O2S/c1-5-14(2)17-6-8-19(9-7-17)23-21(25)15(3)26-20-12-10-18(11-13-20)22-16(4)24/h6-15H,5H2,1-4H3,(H,22,24)(H,23,25). The van der Waals surface area contributed by atoms with Crippen LogP contribution in [0.2, 0.25) is 0 Å². The molecule has 2 atom stereocenters. The number of rotatable bonds is 7. The van der Waals surface area contributed by atoms with E-state index in [1.54, 1.807) is 0 Å². The second-order valence-electron chi connectivity index (χ2n) is 6.39. The fourth-order valence-corrected chi connectivity index (χ4v) is 3.32. The first kappa shape index (κ1) is 20.0. The third kappa shape index (κ3) is 5.92. The molecule has 0 spiro atoms. The number of hydrogen-bond donors (Lipinski definition) is 2. The van der Waals surface area contributed by atoms with Crippen LogP contribution in [-0.4, -0.2) is 17.1 Å². The Morgan fingerprint density at radius 3 is 2.00 bits per heavy atom. The summed E-state index contributed by atoms with van der Waals surface area (Å²) in [4.78, 5) is 24.4. The normalized spacial score (nSPS) is 12.9. The van der Waals surface area contributed by atoms with E-state index in [1.165, 1.54) is 24.2 Å². The number of nitrogens with one attached hydrogen (secondary N) is 2. The number of benzene rings is 2. The van der Waals surface area contributed by atoms with E-state index in [4.69, 9.17) is 0 Å². The van der Waals surface area contributed by atoms with E-state index in [-0.39, 0.29) is 17.1 Å². The lowest BCUT2D eigenvalue weighted by Crippen LogP contribution is -2.22. The van der Waals surface area contributed by atoms with Crippen LogP contribution in [0.3, 0.4) is 0 Å². The van der Waals surface area contributed by atoms with E-state index in [0.717, 1.165) is 22.7 Å². The monoisotopic (exact) mass is 370 g/mol. The SMILES string of the molecule is CCC(C)c1ccc(NC(=O)C(C)Sc2ccc(NC(C)=O)cc2)cc1. The zero-order chi connectivity index (χ0) is 19.1. The predicted octanol–water partition coefficient (Wildman–Crippen LogP) is 5.28. The van der Waals surface area contributed by atoms with Crippen LogP contribution in [0.15, 0.2) is 53.4 Å². The van der Waals surface area contributed by atoms with E-state index >= 15 is 0 Å². The van der Waals surface area contributed by atoms with E-state index in [0.29, 0.717) is 5.92 Å². The van der Waals surface area contributed by atoms with Gasteiger partial charge in [0.05, 0.1) is 5.25 Å². The first-order valence-corrected chi connectivity index (χ1v) is 9.72. The molecule has 0 aliphatic heterocycles. The molecule has 2 rings (SSSR count). The van der Waals surface area contributed by atoms with Crippen LogP contribution < -0.4 is 10.6 Å². The van der Waals surface area contributed by atoms with E-state index in [2.05, 4.69) is 36.6 Å². The highest BCUT2D eigenvalue weighted by Crippen LogP contribution is 2.26. The molecule has 0 bridgehead atoms. The maximum atomic E-state index is 12.4. The van der Waals surface area contributed by atoms with Crippen LogP contribution in [0, 0.1) is 0 Å². The van der Waals surface area contributed by atoms with Crippen LogP contribution in [-0.2, 0) is 9.59 Å². The Labute approximate surface area is 159 Å². The highest BCUT2D eigenvalue weighted by Gasteiger charge is 2.15. The molecule has 4 nitrogen and oxygen atoms in total. The zero-order valence-electron chi connectivity index (χ0n) is 15.7. The maximum absolute atomic E-state index is 12.4. The van der Waals surface area contributed by atoms with Crippen molar-refractivity contribution in [3.8, 4) is 0 Å². The molecule has 138 valence electrons. The second-order valence-corrected chi connectivity index (χ2v) is 7.80. The molecule has 0 aromatic heterocycles. The van der Waals surface area contributed by atoms with Crippen LogP contribution in [0.25, 0.3) is 0 Å². The van der Waals surface area contributed by atoms with Gasteiger partial charge in [0.2, 0.25) is 11.8 Å². The van der Waals surface area contributed by atoms with Gasteiger partial charge in [-0.05, 0) is 61.2 Å². The Morgan fingerprint density at radius 1 is 0.923 bits per heavy atom. The number of carbonyl (C=O) groups excluding carboxylic acids is 2. The molecule has 2 amide bonds. The van der Waals surface area contributed by atoms with Crippen LogP contribution in [0.1, 0.15) is 45.6 Å². The maximum Gasteiger partial charge on any atom is 0.237 e. The van der Waals surface area contributed by atoms with Crippen molar-refractivity contribution in [3.05, 3.63) is 54.1 Å². The van der Waals surface area contributed by atoms with Crippen molar-refractivity contribution in [2.24, 2.45) is 0 Å². The first-order valence-electron chi connectivity index (χ1n) is 8.84. The molecule has 0 heterocycles. The Hall–Kier alpha value is -2.27. The molecule has 0 radical (unpaired) electrons. The summed E-state index contributed by atoms with van der Waals surface area (Å²) in [5.74, 6) is 0.393. The van der Waals surface area contributed by atoms with Gasteiger partial charge in [0.25, 0.3) is 0 Å². The Balaban J connectivity index is 1.91. The van der Waals surface area contributed by atoms with E-state index < -0.39 is 0 Å². The van der Waals surface area contributed by atoms with Gasteiger partial charge in [-0.15, -0.1) is 11.8 Å². The fourth-order valence-electron chi connectivity index (χ4n) is 2.45. The average Bonchev–Trinajstić information content (AvgIpc) is 2.62. The summed E-state index contributed by atoms with van der Waals surface area (Å²) in [5, 5.41) is 5.47. The average molecular weight is 371 g/mol. The third-order valence-electron chi connectivity index (χ3n) is 4.22. The van der Waals surface area contributed by atoms with Gasteiger partial charge >= 0.3 is 0 Å². The molecule has 2 aromatic carbocycles. The van der Waals surface area contributed by atoms with Crippen molar-refractivity contribution < 1.29 is 9.59 Å². The second kappa shape index (κ2) is 9.43. The van der Waals surface area contributed by atoms with Crippen LogP contribution >= 0.6 is 11.8 Å². The van der Waals surface area contributed by atoms with Crippen molar-refractivity contribution in [1.82, 2.24) is 0 Å². The highest BCUT2D eigenvalue weighted by atomic mass is 32.2. The molecule has 0 saturated carbocycles. The summed E-state index contributed by atoms with van der Waals surface area (Å²) in [7, 11) is 0. The predicted molar refractivity (Wildman–Crippen MR) is 110 cm³/mol. The van der Waals surface area contributed by atoms with Crippen molar-refractivity contribution in [1.29, 1.82) is 0 Å². The molecule has 2 aromatic rings. The highest BCUT2D eigenvalue weighted by molar-refractivity contribution is 8.00.